The van der Waals surface area contributed by atoms with Crippen molar-refractivity contribution >= 4 is 17.4 Å². The van der Waals surface area contributed by atoms with Gasteiger partial charge in [-0.1, -0.05) is 42.0 Å². The normalized spacial score (nSPS) is 10.3. The lowest BCUT2D eigenvalue weighted by Crippen LogP contribution is -3.00. The van der Waals surface area contributed by atoms with Crippen LogP contribution >= 0.6 is 0 Å². The number of halogens is 1. The maximum absolute atomic E-state index is 12.5. The van der Waals surface area contributed by atoms with E-state index in [1.807, 2.05) is 19.1 Å². The van der Waals surface area contributed by atoms with Crippen LogP contribution in [-0.2, 0) is 13.6 Å². The molecule has 7 nitrogen and oxygen atoms in total. The van der Waals surface area contributed by atoms with Crippen LogP contribution in [0, 0.1) is 17.0 Å². The SMILES string of the molecule is Cc1ccc(C(=O)C[n+]2cc(-c3cccc([N+](=O)[O-])c3)n(C)c2N)cc1.[Br-]. The van der Waals surface area contributed by atoms with Crippen molar-refractivity contribution in [3.63, 3.8) is 0 Å². The molecule has 0 atom stereocenters. The first kappa shape index (κ1) is 20.3. The summed E-state index contributed by atoms with van der Waals surface area (Å²) in [5.74, 6) is 0.338. The Labute approximate surface area is 167 Å². The molecule has 0 radical (unpaired) electrons. The number of benzene rings is 2. The molecule has 8 heteroatoms. The van der Waals surface area contributed by atoms with Crippen molar-refractivity contribution in [2.24, 2.45) is 7.05 Å². The number of carbonyl (C=O) groups excluding carboxylic acids is 1. The average molecular weight is 431 g/mol. The second kappa shape index (κ2) is 8.13. The summed E-state index contributed by atoms with van der Waals surface area (Å²) in [6.07, 6.45) is 1.74. The molecule has 1 heterocycles. The predicted molar refractivity (Wildman–Crippen MR) is 97.6 cm³/mol. The third kappa shape index (κ3) is 4.22. The van der Waals surface area contributed by atoms with Crippen molar-refractivity contribution in [3.05, 3.63) is 76.0 Å². The Morgan fingerprint density at radius 3 is 2.52 bits per heavy atom. The van der Waals surface area contributed by atoms with Crippen molar-refractivity contribution in [1.82, 2.24) is 4.57 Å². The zero-order chi connectivity index (χ0) is 18.8. The third-order valence-corrected chi connectivity index (χ3v) is 4.32. The fourth-order valence-corrected chi connectivity index (χ4v) is 2.78. The maximum atomic E-state index is 12.5. The van der Waals surface area contributed by atoms with Gasteiger partial charge in [0.2, 0.25) is 0 Å². The van der Waals surface area contributed by atoms with Gasteiger partial charge in [-0.2, -0.15) is 0 Å². The largest absolute Gasteiger partial charge is 1.00 e. The van der Waals surface area contributed by atoms with Crippen molar-refractivity contribution in [2.45, 2.75) is 13.5 Å². The van der Waals surface area contributed by atoms with Crippen LogP contribution in [0.5, 0.6) is 0 Å². The smallest absolute Gasteiger partial charge is 0.355 e. The van der Waals surface area contributed by atoms with Gasteiger partial charge in [0.1, 0.15) is 18.4 Å². The quantitative estimate of drug-likeness (QED) is 0.259. The molecular weight excluding hydrogens is 412 g/mol. The Kier molecular flexibility index (Phi) is 6.12. The van der Waals surface area contributed by atoms with Gasteiger partial charge in [0.25, 0.3) is 5.69 Å². The predicted octanol–water partition coefficient (Wildman–Crippen LogP) is -0.335. The number of imidazole rings is 1. The topological polar surface area (TPSA) is 95.0 Å². The van der Waals surface area contributed by atoms with Gasteiger partial charge in [0, 0.05) is 23.3 Å². The molecule has 140 valence electrons. The Morgan fingerprint density at radius 1 is 1.22 bits per heavy atom. The molecule has 0 amide bonds. The summed E-state index contributed by atoms with van der Waals surface area (Å²) < 4.78 is 3.36. The number of nitro groups is 1. The molecule has 0 fully saturated rings. The van der Waals surface area contributed by atoms with E-state index in [0.29, 0.717) is 22.8 Å². The minimum atomic E-state index is -0.440. The number of nitrogen functional groups attached to an aromatic ring is 1. The number of hydrogen-bond acceptors (Lipinski definition) is 4. The number of nitrogens with zero attached hydrogens (tertiary/aromatic N) is 3. The summed E-state index contributed by atoms with van der Waals surface area (Å²) in [5.41, 5.74) is 9.19. The minimum absolute atomic E-state index is 0. The molecule has 0 saturated heterocycles. The number of anilines is 1. The number of rotatable bonds is 5. The zero-order valence-electron chi connectivity index (χ0n) is 14.9. The number of aromatic nitrogens is 2. The monoisotopic (exact) mass is 430 g/mol. The van der Waals surface area contributed by atoms with Gasteiger partial charge in [0.15, 0.2) is 5.78 Å². The Hall–Kier alpha value is -3.00. The summed E-state index contributed by atoms with van der Waals surface area (Å²) in [5, 5.41) is 11.0. The Bertz CT molecular complexity index is 997. The molecule has 2 aromatic carbocycles. The number of carbonyl (C=O) groups is 1. The van der Waals surface area contributed by atoms with E-state index in [1.54, 1.807) is 46.6 Å². The summed E-state index contributed by atoms with van der Waals surface area (Å²) in [6, 6.07) is 13.7. The van der Waals surface area contributed by atoms with Gasteiger partial charge in [-0.05, 0) is 6.92 Å². The lowest BCUT2D eigenvalue weighted by Gasteiger charge is -2.01. The van der Waals surface area contributed by atoms with Crippen LogP contribution < -0.4 is 27.3 Å². The first-order chi connectivity index (χ1) is 12.4. The molecule has 3 rings (SSSR count). The highest BCUT2D eigenvalue weighted by Gasteiger charge is 2.21. The molecule has 0 aliphatic heterocycles. The second-order valence-electron chi connectivity index (χ2n) is 6.16. The summed E-state index contributed by atoms with van der Waals surface area (Å²) in [7, 11) is 1.76. The van der Waals surface area contributed by atoms with Crippen LogP contribution in [0.2, 0.25) is 0 Å². The molecule has 0 unspecified atom stereocenters. The number of hydrogen-bond donors (Lipinski definition) is 1. The van der Waals surface area contributed by atoms with Crippen molar-refractivity contribution < 1.29 is 31.3 Å². The lowest BCUT2D eigenvalue weighted by atomic mass is 10.1. The fourth-order valence-electron chi connectivity index (χ4n) is 2.78. The molecule has 0 saturated carbocycles. The highest BCUT2D eigenvalue weighted by molar-refractivity contribution is 5.95. The van der Waals surface area contributed by atoms with E-state index in [0.717, 1.165) is 5.56 Å². The minimum Gasteiger partial charge on any atom is -1.00 e. The molecule has 0 bridgehead atoms. The fraction of sp³-hybridized carbons (Fsp3) is 0.158. The number of ketones is 1. The van der Waals surface area contributed by atoms with Gasteiger partial charge < -0.3 is 17.0 Å². The standard InChI is InChI=1S/C19H18N4O3.BrH/c1-13-6-8-14(9-7-13)18(24)12-22-11-17(21(2)19(22)20)15-4-3-5-16(10-15)23(25)26;/h3-11,20H,12H2,1-2H3;1H. The van der Waals surface area contributed by atoms with E-state index < -0.39 is 4.92 Å². The second-order valence-corrected chi connectivity index (χ2v) is 6.16. The van der Waals surface area contributed by atoms with Gasteiger partial charge in [-0.3, -0.25) is 20.6 Å². The van der Waals surface area contributed by atoms with Gasteiger partial charge >= 0.3 is 5.95 Å². The van der Waals surface area contributed by atoms with E-state index in [9.17, 15) is 14.9 Å². The zero-order valence-corrected chi connectivity index (χ0v) is 16.5. The van der Waals surface area contributed by atoms with Gasteiger partial charge in [-0.25, -0.2) is 9.13 Å². The molecule has 0 aliphatic rings. The summed E-state index contributed by atoms with van der Waals surface area (Å²) in [6.45, 7) is 2.06. The van der Waals surface area contributed by atoms with E-state index in [-0.39, 0.29) is 35.0 Å². The number of Topliss-reactive ketones (excluding diaryl/α,β-unsaturated/α-hetero) is 1. The van der Waals surface area contributed by atoms with Crippen LogP contribution in [0.4, 0.5) is 11.6 Å². The summed E-state index contributed by atoms with van der Waals surface area (Å²) >= 11 is 0. The molecular formula is C19H19BrN4O3. The average Bonchev–Trinajstić information content (AvgIpc) is 2.91. The van der Waals surface area contributed by atoms with Crippen molar-refractivity contribution in [1.29, 1.82) is 0 Å². The Balaban J connectivity index is 0.00000261. The first-order valence-electron chi connectivity index (χ1n) is 8.06. The molecule has 1 aromatic heterocycles. The number of nitrogens with two attached hydrogens (primary N) is 1. The third-order valence-electron chi connectivity index (χ3n) is 4.32. The van der Waals surface area contributed by atoms with Crippen LogP contribution in [0.25, 0.3) is 11.3 Å². The molecule has 2 N–H and O–H groups in total. The molecule has 0 spiro atoms. The molecule has 0 aliphatic carbocycles. The van der Waals surface area contributed by atoms with Gasteiger partial charge in [-0.15, -0.1) is 0 Å². The number of aryl methyl sites for hydroxylation is 1. The van der Waals surface area contributed by atoms with Crippen LogP contribution in [-0.4, -0.2) is 15.3 Å². The van der Waals surface area contributed by atoms with E-state index in [1.165, 1.54) is 12.1 Å². The molecule has 27 heavy (non-hydrogen) atoms. The highest BCUT2D eigenvalue weighted by Crippen LogP contribution is 2.24. The highest BCUT2D eigenvalue weighted by atomic mass is 79.9. The Morgan fingerprint density at radius 2 is 1.89 bits per heavy atom. The van der Waals surface area contributed by atoms with Crippen molar-refractivity contribution in [2.75, 3.05) is 5.73 Å². The molecule has 3 aromatic rings. The van der Waals surface area contributed by atoms with E-state index in [4.69, 9.17) is 5.73 Å². The van der Waals surface area contributed by atoms with E-state index in [2.05, 4.69) is 0 Å². The summed E-state index contributed by atoms with van der Waals surface area (Å²) in [4.78, 5) is 23.1. The van der Waals surface area contributed by atoms with E-state index >= 15 is 0 Å². The van der Waals surface area contributed by atoms with Crippen LogP contribution in [0.15, 0.2) is 54.7 Å². The lowest BCUT2D eigenvalue weighted by molar-refractivity contribution is -0.667. The maximum Gasteiger partial charge on any atom is 0.355 e. The number of nitro benzene ring substituents is 1. The first-order valence-corrected chi connectivity index (χ1v) is 8.06. The van der Waals surface area contributed by atoms with Crippen LogP contribution in [0.1, 0.15) is 15.9 Å². The van der Waals surface area contributed by atoms with Crippen molar-refractivity contribution in [3.8, 4) is 11.3 Å². The number of non-ortho nitro benzene ring substituents is 1. The van der Waals surface area contributed by atoms with Gasteiger partial charge in [0.05, 0.1) is 12.0 Å². The van der Waals surface area contributed by atoms with Crippen LogP contribution in [0.3, 0.4) is 0 Å².